The van der Waals surface area contributed by atoms with E-state index in [0.29, 0.717) is 10.0 Å². The summed E-state index contributed by atoms with van der Waals surface area (Å²) < 4.78 is 5.09. The number of benzene rings is 1. The predicted octanol–water partition coefficient (Wildman–Crippen LogP) is 2.80. The normalized spacial score (nSPS) is 9.37. The van der Waals surface area contributed by atoms with Gasteiger partial charge >= 0.3 is 6.09 Å². The summed E-state index contributed by atoms with van der Waals surface area (Å²) in [6.45, 7) is 0. The number of thiocarbonyl (C=S) groups is 2. The van der Waals surface area contributed by atoms with E-state index in [9.17, 15) is 4.79 Å². The van der Waals surface area contributed by atoms with Gasteiger partial charge in [-0.3, -0.25) is 5.32 Å². The van der Waals surface area contributed by atoms with Gasteiger partial charge in [0.25, 0.3) is 0 Å². The minimum absolute atomic E-state index is 0.149. The first-order valence-corrected chi connectivity index (χ1v) is 7.21. The monoisotopic (exact) mass is 315 g/mol. The number of hydrogen-bond acceptors (Lipinski definition) is 5. The number of nitrogens with one attached hydrogen (secondary N) is 3. The zero-order valence-corrected chi connectivity index (χ0v) is 12.8. The Kier molecular flexibility index (Phi) is 6.54. The van der Waals surface area contributed by atoms with E-state index in [1.165, 1.54) is 18.9 Å². The summed E-state index contributed by atoms with van der Waals surface area (Å²) in [7, 11) is 1.27. The molecule has 1 aromatic carbocycles. The molecule has 0 radical (unpaired) electrons. The highest BCUT2D eigenvalue weighted by Gasteiger charge is 2.07. The molecule has 8 heteroatoms. The number of hydrogen-bond donors (Lipinski definition) is 3. The van der Waals surface area contributed by atoms with Crippen molar-refractivity contribution >= 4 is 63.1 Å². The topological polar surface area (TPSA) is 62.4 Å². The Morgan fingerprint density at radius 2 is 1.79 bits per heavy atom. The van der Waals surface area contributed by atoms with Crippen molar-refractivity contribution in [3.63, 3.8) is 0 Å². The van der Waals surface area contributed by atoms with Crippen molar-refractivity contribution in [1.29, 1.82) is 0 Å². The minimum Gasteiger partial charge on any atom is -0.453 e. The summed E-state index contributed by atoms with van der Waals surface area (Å²) in [5, 5.41) is 8.47. The molecule has 0 aliphatic carbocycles. The molecular formula is C11H13N3O2S3. The molecule has 5 nitrogen and oxygen atoms in total. The zero-order chi connectivity index (χ0) is 14.3. The summed E-state index contributed by atoms with van der Waals surface area (Å²) in [6, 6.07) is 7.38. The quantitative estimate of drug-likeness (QED) is 0.725. The van der Waals surface area contributed by atoms with Gasteiger partial charge in [-0.05, 0) is 30.6 Å². The van der Waals surface area contributed by atoms with Gasteiger partial charge in [0.15, 0.2) is 5.11 Å². The molecule has 0 aliphatic rings. The molecule has 0 aromatic heterocycles. The number of thioether (sulfide) groups is 1. The second-order valence-electron chi connectivity index (χ2n) is 3.23. The smallest absolute Gasteiger partial charge is 0.413 e. The Balaban J connectivity index is 2.75. The molecular weight excluding hydrogens is 302 g/mol. The van der Waals surface area contributed by atoms with E-state index >= 15 is 0 Å². The van der Waals surface area contributed by atoms with E-state index in [1.807, 2.05) is 30.5 Å². The number of carbonyl (C=O) groups is 1. The van der Waals surface area contributed by atoms with Gasteiger partial charge in [-0.25, -0.2) is 4.79 Å². The van der Waals surface area contributed by atoms with Crippen LogP contribution < -0.4 is 16.0 Å². The highest BCUT2D eigenvalue weighted by atomic mass is 32.2. The highest BCUT2D eigenvalue weighted by Crippen LogP contribution is 2.22. The second-order valence-corrected chi connectivity index (χ2v) is 5.12. The highest BCUT2D eigenvalue weighted by molar-refractivity contribution is 8.22. The van der Waals surface area contributed by atoms with Crippen molar-refractivity contribution in [2.75, 3.05) is 24.0 Å². The Morgan fingerprint density at radius 1 is 1.21 bits per heavy atom. The van der Waals surface area contributed by atoms with Crippen LogP contribution in [-0.2, 0) is 4.74 Å². The fraction of sp³-hybridized carbons (Fsp3) is 0.182. The Hall–Kier alpha value is -1.38. The van der Waals surface area contributed by atoms with Crippen LogP contribution in [0.15, 0.2) is 24.3 Å². The van der Waals surface area contributed by atoms with Crippen LogP contribution in [0.3, 0.4) is 0 Å². The number of amides is 1. The number of anilines is 2. The number of rotatable bonds is 2. The van der Waals surface area contributed by atoms with Crippen LogP contribution in [0.2, 0.25) is 0 Å². The van der Waals surface area contributed by atoms with Gasteiger partial charge < -0.3 is 15.4 Å². The molecule has 0 spiro atoms. The second kappa shape index (κ2) is 7.93. The van der Waals surface area contributed by atoms with E-state index in [1.54, 1.807) is 0 Å². The lowest BCUT2D eigenvalue weighted by molar-refractivity contribution is 0.177. The van der Waals surface area contributed by atoms with Gasteiger partial charge in [-0.1, -0.05) is 24.4 Å². The van der Waals surface area contributed by atoms with Gasteiger partial charge in [0.2, 0.25) is 0 Å². The van der Waals surface area contributed by atoms with E-state index in [2.05, 4.69) is 20.7 Å². The average molecular weight is 315 g/mol. The zero-order valence-electron chi connectivity index (χ0n) is 10.4. The van der Waals surface area contributed by atoms with Gasteiger partial charge in [-0.2, -0.15) is 0 Å². The molecule has 0 heterocycles. The third-order valence-corrected chi connectivity index (χ3v) is 3.28. The molecule has 0 unspecified atom stereocenters. The molecule has 0 saturated heterocycles. The fourth-order valence-corrected chi connectivity index (χ4v) is 1.67. The summed E-state index contributed by atoms with van der Waals surface area (Å²) >= 11 is 11.5. The van der Waals surface area contributed by atoms with Crippen molar-refractivity contribution in [3.8, 4) is 0 Å². The molecule has 1 amide bonds. The molecule has 0 fully saturated rings. The molecule has 0 bridgehead atoms. The van der Waals surface area contributed by atoms with Crippen molar-refractivity contribution in [3.05, 3.63) is 24.3 Å². The first-order valence-electron chi connectivity index (χ1n) is 5.16. The third kappa shape index (κ3) is 5.41. The first kappa shape index (κ1) is 15.7. The van der Waals surface area contributed by atoms with Crippen LogP contribution in [0, 0.1) is 0 Å². The summed E-state index contributed by atoms with van der Waals surface area (Å²) in [4.78, 5) is 11.0. The maximum Gasteiger partial charge on any atom is 0.413 e. The Bertz CT molecular complexity index is 494. The molecule has 102 valence electrons. The number of para-hydroxylation sites is 2. The average Bonchev–Trinajstić information content (AvgIpc) is 2.40. The Morgan fingerprint density at radius 3 is 2.32 bits per heavy atom. The van der Waals surface area contributed by atoms with Crippen LogP contribution in [0.25, 0.3) is 0 Å². The van der Waals surface area contributed by atoms with Crippen molar-refractivity contribution < 1.29 is 9.53 Å². The van der Waals surface area contributed by atoms with Crippen molar-refractivity contribution in [2.45, 2.75) is 0 Å². The molecule has 0 aliphatic heterocycles. The Labute approximate surface area is 126 Å². The minimum atomic E-state index is -0.623. The number of ether oxygens (including phenoxy) is 1. The maximum absolute atomic E-state index is 11.0. The van der Waals surface area contributed by atoms with Crippen molar-refractivity contribution in [2.24, 2.45) is 0 Å². The van der Waals surface area contributed by atoms with Gasteiger partial charge in [0.05, 0.1) is 18.5 Å². The van der Waals surface area contributed by atoms with Crippen LogP contribution in [0.5, 0.6) is 0 Å². The largest absolute Gasteiger partial charge is 0.453 e. The van der Waals surface area contributed by atoms with E-state index in [0.717, 1.165) is 5.69 Å². The molecule has 0 saturated carbocycles. The summed E-state index contributed by atoms with van der Waals surface area (Å²) in [6.07, 6.45) is 1.26. The van der Waals surface area contributed by atoms with E-state index in [4.69, 9.17) is 24.4 Å². The van der Waals surface area contributed by atoms with Gasteiger partial charge in [0, 0.05) is 0 Å². The molecule has 19 heavy (non-hydrogen) atoms. The predicted molar refractivity (Wildman–Crippen MR) is 87.9 cm³/mol. The molecule has 3 N–H and O–H groups in total. The van der Waals surface area contributed by atoms with Crippen LogP contribution in [-0.4, -0.2) is 28.9 Å². The summed E-state index contributed by atoms with van der Waals surface area (Å²) in [5.74, 6) is 0. The molecule has 1 aromatic rings. The number of carbonyl (C=O) groups excluding carboxylic acids is 1. The van der Waals surface area contributed by atoms with Crippen molar-refractivity contribution in [1.82, 2.24) is 5.32 Å². The van der Waals surface area contributed by atoms with E-state index < -0.39 is 6.09 Å². The SMILES string of the molecule is COC(=O)NC(=S)Nc1ccccc1NC(=S)SC. The van der Waals surface area contributed by atoms with Crippen LogP contribution in [0.4, 0.5) is 16.2 Å². The summed E-state index contributed by atoms with van der Waals surface area (Å²) in [5.41, 5.74) is 1.48. The lowest BCUT2D eigenvalue weighted by Crippen LogP contribution is -2.34. The third-order valence-electron chi connectivity index (χ3n) is 2.00. The van der Waals surface area contributed by atoms with Crippen LogP contribution >= 0.6 is 36.2 Å². The maximum atomic E-state index is 11.0. The fourth-order valence-electron chi connectivity index (χ4n) is 1.16. The van der Waals surface area contributed by atoms with E-state index in [-0.39, 0.29) is 5.11 Å². The van der Waals surface area contributed by atoms with Gasteiger partial charge in [0.1, 0.15) is 4.32 Å². The standard InChI is InChI=1S/C11H13N3O2S3/c1-16-10(15)14-9(17)12-7-5-3-4-6-8(7)13-11(18)19-2/h3-6H,1-2H3,(H,13,18)(H2,12,14,15,17). The van der Waals surface area contributed by atoms with Crippen LogP contribution in [0.1, 0.15) is 0 Å². The molecule has 1 rings (SSSR count). The van der Waals surface area contributed by atoms with Gasteiger partial charge in [-0.15, -0.1) is 11.8 Å². The number of alkyl carbamates (subject to hydrolysis) is 1. The lowest BCUT2D eigenvalue weighted by Gasteiger charge is -2.14. The number of methoxy groups -OCH3 is 1. The first-order chi connectivity index (χ1) is 9.06. The lowest BCUT2D eigenvalue weighted by atomic mass is 10.2. The molecule has 0 atom stereocenters.